The van der Waals surface area contributed by atoms with Crippen LogP contribution < -0.4 is 10.5 Å². The first kappa shape index (κ1) is 24.6. The van der Waals surface area contributed by atoms with Crippen LogP contribution in [0.3, 0.4) is 0 Å². The Morgan fingerprint density at radius 1 is 0.529 bits per heavy atom. The Kier molecular flexibility index (Phi) is 6.71. The fraction of sp³-hybridized carbons (Fsp3) is 0.250. The Balaban J connectivity index is 2.29. The Morgan fingerprint density at radius 2 is 0.912 bits per heavy atom. The molecule has 1 nitrogen and oxygen atoms in total. The molecule has 0 amide bonds. The van der Waals surface area contributed by atoms with E-state index in [1.807, 2.05) is 0 Å². The van der Waals surface area contributed by atoms with Crippen molar-refractivity contribution in [3.05, 3.63) is 114 Å². The molecule has 0 atom stereocenters. The van der Waals surface area contributed by atoms with Gasteiger partial charge in [-0.2, -0.15) is 0 Å². The minimum atomic E-state index is -3.82. The van der Waals surface area contributed by atoms with Crippen LogP contribution in [0, 0.1) is 10.8 Å². The number of ketones is 1. The molecule has 0 fully saturated rings. The molecule has 0 saturated heterocycles. The molecule has 1 aliphatic rings. The average Bonchev–Trinajstić information content (AvgIpc) is 2.81. The van der Waals surface area contributed by atoms with E-state index in [4.69, 9.17) is 0 Å². The minimum absolute atomic E-state index is 0.0670. The van der Waals surface area contributed by atoms with Crippen LogP contribution in [0.2, 0.25) is 0 Å². The molecule has 0 saturated carbocycles. The zero-order chi connectivity index (χ0) is 24.6. The maximum absolute atomic E-state index is 14.5. The molecule has 0 spiro atoms. The van der Waals surface area contributed by atoms with E-state index < -0.39 is 18.3 Å². The average molecular weight is 557 g/mol. The SMILES string of the molecule is CC(C)(C)C1=C[C](=[Sb]([c]2ccccc2)([c]2ccccc2)[c]2ccccc2)C(=O)C(C(C)(C)C)=C1. The molecule has 2 heteroatoms. The van der Waals surface area contributed by atoms with Gasteiger partial charge in [0, 0.05) is 0 Å². The van der Waals surface area contributed by atoms with Gasteiger partial charge in [-0.1, -0.05) is 0 Å². The van der Waals surface area contributed by atoms with Crippen LogP contribution in [0.5, 0.6) is 0 Å². The van der Waals surface area contributed by atoms with Crippen LogP contribution in [0.25, 0.3) is 0 Å². The molecule has 1 aliphatic carbocycles. The number of carbonyl (C=O) groups is 1. The molecule has 0 aromatic heterocycles. The molecule has 0 radical (unpaired) electrons. The number of benzene rings is 3. The van der Waals surface area contributed by atoms with Crippen LogP contribution in [-0.4, -0.2) is 27.6 Å². The zero-order valence-electron chi connectivity index (χ0n) is 21.2. The van der Waals surface area contributed by atoms with Crippen LogP contribution >= 0.6 is 0 Å². The van der Waals surface area contributed by atoms with Gasteiger partial charge in [-0.05, 0) is 0 Å². The van der Waals surface area contributed by atoms with Crippen molar-refractivity contribution in [2.45, 2.75) is 41.5 Å². The second-order valence-electron chi connectivity index (χ2n) is 11.0. The predicted octanol–water partition coefficient (Wildman–Crippen LogP) is 5.44. The normalized spacial score (nSPS) is 15.1. The third-order valence-corrected chi connectivity index (χ3v) is 18.7. The molecule has 0 unspecified atom stereocenters. The first-order valence-electron chi connectivity index (χ1n) is 12.0. The Morgan fingerprint density at radius 3 is 1.24 bits per heavy atom. The molecule has 3 aromatic carbocycles. The molecular formula is C32H35OSb. The van der Waals surface area contributed by atoms with Crippen LogP contribution in [0.15, 0.2) is 114 Å². The van der Waals surface area contributed by atoms with E-state index >= 15 is 0 Å². The van der Waals surface area contributed by atoms with E-state index in [-0.39, 0.29) is 16.6 Å². The summed E-state index contributed by atoms with van der Waals surface area (Å²) in [7, 11) is 0. The van der Waals surface area contributed by atoms with Crippen LogP contribution in [0.1, 0.15) is 41.5 Å². The van der Waals surface area contributed by atoms with Gasteiger partial charge in [-0.25, -0.2) is 0 Å². The van der Waals surface area contributed by atoms with E-state index in [9.17, 15) is 4.79 Å². The summed E-state index contributed by atoms with van der Waals surface area (Å²) in [6, 6.07) is 32.4. The zero-order valence-corrected chi connectivity index (χ0v) is 23.7. The number of Topliss-reactive ketones (excluding diaryl/α,β-unsaturated/α-hetero) is 1. The van der Waals surface area contributed by atoms with Crippen molar-refractivity contribution in [3.8, 4) is 0 Å². The fourth-order valence-corrected chi connectivity index (χ4v) is 17.1. The molecule has 0 heterocycles. The standard InChI is InChI=1S/C14H20O.3C6H5.Sb/c1-13(2,3)10-7-8-12(15)11(9-10)14(4,5)6;3*1-2-4-6-5-3-1;/h7,9H,1-6H3;3*1-5H;. The number of rotatable bonds is 3. The summed E-state index contributed by atoms with van der Waals surface area (Å²) >= 11 is -3.82. The summed E-state index contributed by atoms with van der Waals surface area (Å²) in [5.41, 5.74) is 1.83. The van der Waals surface area contributed by atoms with Crippen molar-refractivity contribution < 1.29 is 4.79 Å². The van der Waals surface area contributed by atoms with Crippen LogP contribution in [-0.2, 0) is 4.79 Å². The van der Waals surface area contributed by atoms with E-state index in [0.29, 0.717) is 0 Å². The van der Waals surface area contributed by atoms with E-state index in [1.54, 1.807) is 0 Å². The quantitative estimate of drug-likeness (QED) is 0.393. The fourth-order valence-electron chi connectivity index (χ4n) is 4.67. The van der Waals surface area contributed by atoms with Crippen molar-refractivity contribution >= 4 is 38.1 Å². The van der Waals surface area contributed by atoms with Gasteiger partial charge >= 0.3 is 210 Å². The van der Waals surface area contributed by atoms with Crippen molar-refractivity contribution in [1.29, 1.82) is 0 Å². The third-order valence-electron chi connectivity index (χ3n) is 6.54. The van der Waals surface area contributed by atoms with Gasteiger partial charge in [0.25, 0.3) is 0 Å². The van der Waals surface area contributed by atoms with Gasteiger partial charge in [-0.3, -0.25) is 0 Å². The molecule has 34 heavy (non-hydrogen) atoms. The molecule has 3 aromatic rings. The van der Waals surface area contributed by atoms with Crippen molar-refractivity contribution in [1.82, 2.24) is 0 Å². The Bertz CT molecular complexity index is 1190. The second-order valence-corrected chi connectivity index (χ2v) is 20.7. The molecule has 4 rings (SSSR count). The van der Waals surface area contributed by atoms with Gasteiger partial charge < -0.3 is 0 Å². The number of hydrogen-bond donors (Lipinski definition) is 0. The first-order chi connectivity index (χ1) is 16.1. The molecule has 0 N–H and O–H groups in total. The monoisotopic (exact) mass is 556 g/mol. The molecular weight excluding hydrogens is 522 g/mol. The topological polar surface area (TPSA) is 17.1 Å². The Labute approximate surface area is 208 Å². The summed E-state index contributed by atoms with van der Waals surface area (Å²) in [6.07, 6.45) is 4.43. The number of hydrogen-bond acceptors (Lipinski definition) is 1. The maximum atomic E-state index is 14.5. The van der Waals surface area contributed by atoms with Crippen LogP contribution in [0.4, 0.5) is 0 Å². The Hall–Kier alpha value is -2.50. The van der Waals surface area contributed by atoms with Gasteiger partial charge in [0.15, 0.2) is 0 Å². The van der Waals surface area contributed by atoms with E-state index in [0.717, 1.165) is 9.02 Å². The van der Waals surface area contributed by atoms with E-state index in [2.05, 4.69) is 145 Å². The summed E-state index contributed by atoms with van der Waals surface area (Å²) in [4.78, 5) is 14.5. The van der Waals surface area contributed by atoms with Gasteiger partial charge in [-0.15, -0.1) is 0 Å². The second kappa shape index (κ2) is 9.27. The van der Waals surface area contributed by atoms with E-state index in [1.165, 1.54) is 16.1 Å². The summed E-state index contributed by atoms with van der Waals surface area (Å²) in [6.45, 7) is 13.2. The number of carbonyl (C=O) groups excluding carboxylic acids is 1. The van der Waals surface area contributed by atoms with Crippen molar-refractivity contribution in [2.24, 2.45) is 10.8 Å². The van der Waals surface area contributed by atoms with Crippen molar-refractivity contribution in [2.75, 3.05) is 0 Å². The van der Waals surface area contributed by atoms with Crippen molar-refractivity contribution in [3.63, 3.8) is 0 Å². The summed E-state index contributed by atoms with van der Waals surface area (Å²) in [5.74, 6) is 0.211. The third kappa shape index (κ3) is 4.43. The first-order valence-corrected chi connectivity index (χ1v) is 17.1. The predicted molar refractivity (Wildman–Crippen MR) is 149 cm³/mol. The van der Waals surface area contributed by atoms with Gasteiger partial charge in [0.1, 0.15) is 0 Å². The molecule has 0 aliphatic heterocycles. The summed E-state index contributed by atoms with van der Waals surface area (Å²) < 4.78 is 4.89. The summed E-state index contributed by atoms with van der Waals surface area (Å²) in [5, 5.41) is 0. The van der Waals surface area contributed by atoms with Gasteiger partial charge in [0.05, 0.1) is 0 Å². The molecule has 0 bridgehead atoms. The van der Waals surface area contributed by atoms with Gasteiger partial charge in [0.2, 0.25) is 0 Å². The number of allylic oxidation sites excluding steroid dienone is 4. The molecule has 174 valence electrons.